The lowest BCUT2D eigenvalue weighted by Gasteiger charge is -2.08. The third-order valence-corrected chi connectivity index (χ3v) is 4.05. The summed E-state index contributed by atoms with van der Waals surface area (Å²) in [6, 6.07) is 6.97. The fraction of sp³-hybridized carbons (Fsp3) is 0.286. The zero-order valence-electron chi connectivity index (χ0n) is 11.0. The van der Waals surface area contributed by atoms with Crippen molar-refractivity contribution >= 4 is 22.4 Å². The Morgan fingerprint density at radius 3 is 2.90 bits per heavy atom. The molecule has 1 aromatic carbocycles. The lowest BCUT2D eigenvalue weighted by atomic mass is 10.2. The van der Waals surface area contributed by atoms with Crippen molar-refractivity contribution in [3.63, 3.8) is 0 Å². The highest BCUT2D eigenvalue weighted by Crippen LogP contribution is 2.27. The maximum Gasteiger partial charge on any atom is 0.257 e. The monoisotopic (exact) mass is 290 g/mol. The summed E-state index contributed by atoms with van der Waals surface area (Å²) in [7, 11) is 1.59. The number of anilines is 1. The highest BCUT2D eigenvalue weighted by Gasteiger charge is 2.17. The van der Waals surface area contributed by atoms with Gasteiger partial charge < -0.3 is 9.47 Å². The highest BCUT2D eigenvalue weighted by atomic mass is 32.1. The number of hydrogen-bond acceptors (Lipinski definition) is 5. The molecule has 0 bridgehead atoms. The Morgan fingerprint density at radius 2 is 2.20 bits per heavy atom. The second kappa shape index (κ2) is 5.60. The molecule has 0 unspecified atom stereocenters. The zero-order chi connectivity index (χ0) is 13.9. The number of carbonyl (C=O) groups is 1. The molecule has 0 aliphatic carbocycles. The molecule has 1 aliphatic heterocycles. The van der Waals surface area contributed by atoms with Crippen molar-refractivity contribution in [1.29, 1.82) is 0 Å². The van der Waals surface area contributed by atoms with Gasteiger partial charge in [-0.3, -0.25) is 10.1 Å². The van der Waals surface area contributed by atoms with Crippen molar-refractivity contribution in [2.24, 2.45) is 0 Å². The average Bonchev–Trinajstić information content (AvgIpc) is 2.89. The van der Waals surface area contributed by atoms with Crippen LogP contribution in [-0.4, -0.2) is 24.6 Å². The van der Waals surface area contributed by atoms with Crippen LogP contribution in [0.5, 0.6) is 5.75 Å². The van der Waals surface area contributed by atoms with E-state index in [0.29, 0.717) is 23.9 Å². The van der Waals surface area contributed by atoms with Crippen molar-refractivity contribution in [2.45, 2.75) is 13.0 Å². The Kier molecular flexibility index (Phi) is 3.66. The number of nitrogens with zero attached hydrogens (tertiary/aromatic N) is 1. The molecule has 0 spiro atoms. The Labute approximate surface area is 120 Å². The summed E-state index contributed by atoms with van der Waals surface area (Å²) < 4.78 is 10.4. The van der Waals surface area contributed by atoms with E-state index in [9.17, 15) is 4.79 Å². The molecule has 6 heteroatoms. The lowest BCUT2D eigenvalue weighted by Crippen LogP contribution is -2.11. The molecule has 104 valence electrons. The lowest BCUT2D eigenvalue weighted by molar-refractivity contribution is 0.102. The normalized spacial score (nSPS) is 13.7. The van der Waals surface area contributed by atoms with Gasteiger partial charge in [-0.1, -0.05) is 11.3 Å². The molecule has 0 atom stereocenters. The van der Waals surface area contributed by atoms with Crippen LogP contribution in [0.2, 0.25) is 0 Å². The van der Waals surface area contributed by atoms with E-state index in [2.05, 4.69) is 10.3 Å². The van der Waals surface area contributed by atoms with Gasteiger partial charge in [-0.05, 0) is 24.3 Å². The predicted molar refractivity (Wildman–Crippen MR) is 76.4 cm³/mol. The maximum absolute atomic E-state index is 12.1. The number of fused-ring (bicyclic) bond motifs is 1. The number of aromatic nitrogens is 1. The number of ether oxygens (including phenoxy) is 2. The molecule has 1 N–H and O–H groups in total. The van der Waals surface area contributed by atoms with Crippen molar-refractivity contribution in [2.75, 3.05) is 19.0 Å². The van der Waals surface area contributed by atoms with E-state index in [-0.39, 0.29) is 5.91 Å². The van der Waals surface area contributed by atoms with Gasteiger partial charge in [-0.15, -0.1) is 0 Å². The van der Waals surface area contributed by atoms with Gasteiger partial charge >= 0.3 is 0 Å². The minimum Gasteiger partial charge on any atom is -0.497 e. The summed E-state index contributed by atoms with van der Waals surface area (Å²) in [6.07, 6.45) is 0.810. The third kappa shape index (κ3) is 2.66. The van der Waals surface area contributed by atoms with E-state index < -0.39 is 0 Å². The Balaban J connectivity index is 1.73. The molecule has 1 amide bonds. The predicted octanol–water partition coefficient (Wildman–Crippen LogP) is 2.48. The molecule has 20 heavy (non-hydrogen) atoms. The molecule has 0 radical (unpaired) electrons. The van der Waals surface area contributed by atoms with Crippen LogP contribution in [0.3, 0.4) is 0 Å². The summed E-state index contributed by atoms with van der Waals surface area (Å²) in [5.74, 6) is 0.558. The second-order valence-electron chi connectivity index (χ2n) is 4.37. The molecule has 1 aromatic heterocycles. The third-order valence-electron chi connectivity index (χ3n) is 3.07. The topological polar surface area (TPSA) is 60.5 Å². The van der Waals surface area contributed by atoms with E-state index in [4.69, 9.17) is 9.47 Å². The van der Waals surface area contributed by atoms with E-state index in [0.717, 1.165) is 22.7 Å². The molecule has 5 nitrogen and oxygen atoms in total. The van der Waals surface area contributed by atoms with Crippen molar-refractivity contribution in [3.8, 4) is 5.75 Å². The minimum atomic E-state index is -0.167. The number of hydrogen-bond donors (Lipinski definition) is 1. The SMILES string of the molecule is COc1ccc(C(=O)Nc2nc3c(s2)COCC3)cc1. The fourth-order valence-electron chi connectivity index (χ4n) is 1.99. The van der Waals surface area contributed by atoms with E-state index in [1.54, 1.807) is 31.4 Å². The van der Waals surface area contributed by atoms with Crippen LogP contribution >= 0.6 is 11.3 Å². The number of methoxy groups -OCH3 is 1. The summed E-state index contributed by atoms with van der Waals surface area (Å²) in [4.78, 5) is 17.6. The van der Waals surface area contributed by atoms with Crippen LogP contribution in [0.25, 0.3) is 0 Å². The smallest absolute Gasteiger partial charge is 0.257 e. The van der Waals surface area contributed by atoms with Gasteiger partial charge in [0.15, 0.2) is 5.13 Å². The minimum absolute atomic E-state index is 0.167. The fourth-order valence-corrected chi connectivity index (χ4v) is 2.93. The number of thiazole rings is 1. The Bertz CT molecular complexity index is 598. The Hall–Kier alpha value is -1.92. The zero-order valence-corrected chi connectivity index (χ0v) is 11.8. The van der Waals surface area contributed by atoms with Crippen molar-refractivity contribution in [1.82, 2.24) is 4.98 Å². The van der Waals surface area contributed by atoms with E-state index in [1.807, 2.05) is 0 Å². The highest BCUT2D eigenvalue weighted by molar-refractivity contribution is 7.15. The molecule has 0 saturated carbocycles. The quantitative estimate of drug-likeness (QED) is 0.943. The largest absolute Gasteiger partial charge is 0.497 e. The summed E-state index contributed by atoms with van der Waals surface area (Å²) in [6.45, 7) is 1.29. The van der Waals surface area contributed by atoms with Gasteiger partial charge in [0.1, 0.15) is 5.75 Å². The van der Waals surface area contributed by atoms with E-state index >= 15 is 0 Å². The standard InChI is InChI=1S/C14H14N2O3S/c1-18-10-4-2-9(3-5-10)13(17)16-14-15-11-6-7-19-8-12(11)20-14/h2-5H,6-8H2,1H3,(H,15,16,17). The summed E-state index contributed by atoms with van der Waals surface area (Å²) in [5.41, 5.74) is 1.61. The van der Waals surface area contributed by atoms with Gasteiger partial charge in [0.2, 0.25) is 0 Å². The van der Waals surface area contributed by atoms with Crippen molar-refractivity contribution < 1.29 is 14.3 Å². The molecule has 1 aliphatic rings. The van der Waals surface area contributed by atoms with Crippen LogP contribution in [0, 0.1) is 0 Å². The van der Waals surface area contributed by atoms with Crippen LogP contribution in [0.15, 0.2) is 24.3 Å². The number of carbonyl (C=O) groups excluding carboxylic acids is 1. The molecule has 0 saturated heterocycles. The number of rotatable bonds is 3. The number of amides is 1. The second-order valence-corrected chi connectivity index (χ2v) is 5.46. The number of nitrogens with one attached hydrogen (secondary N) is 1. The molecule has 2 aromatic rings. The average molecular weight is 290 g/mol. The van der Waals surface area contributed by atoms with E-state index in [1.165, 1.54) is 11.3 Å². The van der Waals surface area contributed by atoms with Crippen LogP contribution < -0.4 is 10.1 Å². The maximum atomic E-state index is 12.1. The van der Waals surface area contributed by atoms with Gasteiger partial charge in [-0.2, -0.15) is 0 Å². The first kappa shape index (κ1) is 13.1. The Morgan fingerprint density at radius 1 is 1.40 bits per heavy atom. The summed E-state index contributed by atoms with van der Waals surface area (Å²) in [5, 5.41) is 3.45. The van der Waals surface area contributed by atoms with Gasteiger partial charge in [0.25, 0.3) is 5.91 Å². The molecule has 2 heterocycles. The van der Waals surface area contributed by atoms with Gasteiger partial charge in [0.05, 0.1) is 30.9 Å². The molecule has 0 fully saturated rings. The first-order valence-electron chi connectivity index (χ1n) is 6.28. The molecular weight excluding hydrogens is 276 g/mol. The first-order chi connectivity index (χ1) is 9.76. The van der Waals surface area contributed by atoms with Crippen LogP contribution in [0.1, 0.15) is 20.9 Å². The summed E-state index contributed by atoms with van der Waals surface area (Å²) >= 11 is 1.47. The van der Waals surface area contributed by atoms with Crippen molar-refractivity contribution in [3.05, 3.63) is 40.4 Å². The molecule has 3 rings (SSSR count). The van der Waals surface area contributed by atoms with Gasteiger partial charge in [-0.25, -0.2) is 4.98 Å². The molecular formula is C14H14N2O3S. The number of benzene rings is 1. The first-order valence-corrected chi connectivity index (χ1v) is 7.09. The van der Waals surface area contributed by atoms with Crippen LogP contribution in [0.4, 0.5) is 5.13 Å². The van der Waals surface area contributed by atoms with Gasteiger partial charge in [0, 0.05) is 12.0 Å². The van der Waals surface area contributed by atoms with Crippen LogP contribution in [-0.2, 0) is 17.8 Å².